The molecule has 1 unspecified atom stereocenters. The molecule has 0 aliphatic carbocycles. The van der Waals surface area contributed by atoms with Crippen molar-refractivity contribution >= 4 is 9.84 Å². The second-order valence-corrected chi connectivity index (χ2v) is 6.13. The molecule has 1 N–H and O–H groups in total. The number of aryl methyl sites for hydroxylation is 1. The first kappa shape index (κ1) is 10.6. The summed E-state index contributed by atoms with van der Waals surface area (Å²) < 4.78 is 24.0. The molecule has 1 aromatic carbocycles. The van der Waals surface area contributed by atoms with Gasteiger partial charge in [-0.05, 0) is 37.0 Å². The molecule has 0 amide bonds. The molecule has 0 radical (unpaired) electrons. The van der Waals surface area contributed by atoms with Gasteiger partial charge in [-0.1, -0.05) is 12.1 Å². The normalized spacial score (nSPS) is 22.7. The Morgan fingerprint density at radius 1 is 1.47 bits per heavy atom. The van der Waals surface area contributed by atoms with Crippen molar-refractivity contribution in [1.29, 1.82) is 0 Å². The van der Waals surface area contributed by atoms with Crippen LogP contribution in [0.15, 0.2) is 23.1 Å². The Labute approximate surface area is 89.7 Å². The number of hydrogen-bond donors (Lipinski definition) is 1. The first-order valence-electron chi connectivity index (χ1n) is 5.00. The van der Waals surface area contributed by atoms with Crippen LogP contribution in [0.2, 0.25) is 0 Å². The third kappa shape index (κ3) is 1.58. The Hall–Kier alpha value is -0.870. The lowest BCUT2D eigenvalue weighted by molar-refractivity contribution is 0.285. The van der Waals surface area contributed by atoms with Gasteiger partial charge < -0.3 is 5.11 Å². The zero-order chi connectivity index (χ0) is 11.1. The summed E-state index contributed by atoms with van der Waals surface area (Å²) in [6.07, 6.45) is 0.876. The van der Waals surface area contributed by atoms with Crippen LogP contribution in [0, 0.1) is 6.92 Å². The molecule has 1 aliphatic rings. The van der Waals surface area contributed by atoms with Crippen molar-refractivity contribution in [3.8, 4) is 0 Å². The Morgan fingerprint density at radius 2 is 2.20 bits per heavy atom. The van der Waals surface area contributed by atoms with E-state index in [0.29, 0.717) is 17.7 Å². The fourth-order valence-electron chi connectivity index (χ4n) is 2.12. The van der Waals surface area contributed by atoms with Gasteiger partial charge in [-0.15, -0.1) is 0 Å². The van der Waals surface area contributed by atoms with Crippen molar-refractivity contribution in [3.05, 3.63) is 29.3 Å². The molecule has 0 aromatic heterocycles. The predicted molar refractivity (Wildman–Crippen MR) is 57.6 cm³/mol. The molecule has 1 aromatic rings. The zero-order valence-corrected chi connectivity index (χ0v) is 9.42. The Kier molecular flexibility index (Phi) is 2.56. The number of rotatable bonds is 2. The number of aliphatic hydroxyl groups excluding tert-OH is 1. The van der Waals surface area contributed by atoms with E-state index >= 15 is 0 Å². The van der Waals surface area contributed by atoms with Crippen molar-refractivity contribution < 1.29 is 13.5 Å². The van der Waals surface area contributed by atoms with Crippen molar-refractivity contribution in [2.75, 3.05) is 6.61 Å². The van der Waals surface area contributed by atoms with Gasteiger partial charge in [0.05, 0.1) is 10.1 Å². The van der Waals surface area contributed by atoms with E-state index in [-0.39, 0.29) is 6.61 Å². The molecule has 0 fully saturated rings. The molecular formula is C11H14O3S. The SMILES string of the molecule is Cc1cccc2c1CC(CCO)S2(=O)=O. The van der Waals surface area contributed by atoms with Crippen LogP contribution in [0.4, 0.5) is 0 Å². The highest BCUT2D eigenvalue weighted by molar-refractivity contribution is 7.92. The average molecular weight is 226 g/mol. The van der Waals surface area contributed by atoms with E-state index in [4.69, 9.17) is 5.11 Å². The van der Waals surface area contributed by atoms with Crippen LogP contribution in [0.3, 0.4) is 0 Å². The lowest BCUT2D eigenvalue weighted by Gasteiger charge is -2.05. The summed E-state index contributed by atoms with van der Waals surface area (Å²) in [5, 5.41) is 8.41. The lowest BCUT2D eigenvalue weighted by atomic mass is 10.0. The maximum absolute atomic E-state index is 12.0. The van der Waals surface area contributed by atoms with Crippen LogP contribution < -0.4 is 0 Å². The van der Waals surface area contributed by atoms with Crippen LogP contribution in [-0.4, -0.2) is 25.4 Å². The van der Waals surface area contributed by atoms with E-state index in [1.807, 2.05) is 13.0 Å². The Balaban J connectivity index is 2.52. The quantitative estimate of drug-likeness (QED) is 0.821. The smallest absolute Gasteiger partial charge is 0.181 e. The predicted octanol–water partition coefficient (Wildman–Crippen LogP) is 1.08. The molecule has 0 saturated carbocycles. The minimum Gasteiger partial charge on any atom is -0.396 e. The minimum absolute atomic E-state index is 0.0725. The van der Waals surface area contributed by atoms with Crippen LogP contribution >= 0.6 is 0 Å². The van der Waals surface area contributed by atoms with Gasteiger partial charge in [-0.25, -0.2) is 8.42 Å². The Morgan fingerprint density at radius 3 is 2.80 bits per heavy atom. The van der Waals surface area contributed by atoms with Gasteiger partial charge in [0.15, 0.2) is 9.84 Å². The van der Waals surface area contributed by atoms with Gasteiger partial charge in [-0.3, -0.25) is 0 Å². The molecule has 1 heterocycles. The second-order valence-electron chi connectivity index (χ2n) is 3.94. The van der Waals surface area contributed by atoms with Gasteiger partial charge in [-0.2, -0.15) is 0 Å². The zero-order valence-electron chi connectivity index (χ0n) is 8.60. The molecule has 0 bridgehead atoms. The number of aliphatic hydroxyl groups is 1. The molecule has 1 aliphatic heterocycles. The van der Waals surface area contributed by atoms with Gasteiger partial charge in [0.2, 0.25) is 0 Å². The van der Waals surface area contributed by atoms with Crippen LogP contribution in [0.5, 0.6) is 0 Å². The molecule has 4 heteroatoms. The maximum Gasteiger partial charge on any atom is 0.181 e. The monoisotopic (exact) mass is 226 g/mol. The van der Waals surface area contributed by atoms with Gasteiger partial charge in [0.25, 0.3) is 0 Å². The van der Waals surface area contributed by atoms with Crippen molar-refractivity contribution in [1.82, 2.24) is 0 Å². The lowest BCUT2D eigenvalue weighted by Crippen LogP contribution is -2.18. The van der Waals surface area contributed by atoms with E-state index in [0.717, 1.165) is 11.1 Å². The Bertz CT molecular complexity index is 477. The number of hydrogen-bond acceptors (Lipinski definition) is 3. The number of benzene rings is 1. The summed E-state index contributed by atoms with van der Waals surface area (Å²) in [6, 6.07) is 5.36. The van der Waals surface area contributed by atoms with Crippen LogP contribution in [-0.2, 0) is 16.3 Å². The third-order valence-electron chi connectivity index (χ3n) is 3.00. The van der Waals surface area contributed by atoms with Crippen molar-refractivity contribution in [2.24, 2.45) is 0 Å². The standard InChI is InChI=1S/C11H14O3S/c1-8-3-2-4-11-10(8)7-9(5-6-12)15(11,13)14/h2-4,9,12H,5-7H2,1H3. The van der Waals surface area contributed by atoms with E-state index in [1.54, 1.807) is 12.1 Å². The highest BCUT2D eigenvalue weighted by Crippen LogP contribution is 2.34. The summed E-state index contributed by atoms with van der Waals surface area (Å²) in [5.41, 5.74) is 1.95. The summed E-state index contributed by atoms with van der Waals surface area (Å²) in [6.45, 7) is 1.85. The largest absolute Gasteiger partial charge is 0.396 e. The van der Waals surface area contributed by atoms with Gasteiger partial charge in [0, 0.05) is 6.61 Å². The molecular weight excluding hydrogens is 212 g/mol. The highest BCUT2D eigenvalue weighted by atomic mass is 32.2. The maximum atomic E-state index is 12.0. The van der Waals surface area contributed by atoms with E-state index in [1.165, 1.54) is 0 Å². The summed E-state index contributed by atoms with van der Waals surface area (Å²) in [4.78, 5) is 0.459. The van der Waals surface area contributed by atoms with E-state index in [2.05, 4.69) is 0 Å². The molecule has 0 saturated heterocycles. The van der Waals surface area contributed by atoms with E-state index in [9.17, 15) is 8.42 Å². The number of sulfone groups is 1. The minimum atomic E-state index is -3.19. The summed E-state index contributed by atoms with van der Waals surface area (Å²) in [7, 11) is -3.19. The fraction of sp³-hybridized carbons (Fsp3) is 0.455. The summed E-state index contributed by atoms with van der Waals surface area (Å²) >= 11 is 0. The van der Waals surface area contributed by atoms with Crippen molar-refractivity contribution in [3.63, 3.8) is 0 Å². The molecule has 2 rings (SSSR count). The number of fused-ring (bicyclic) bond motifs is 1. The second kappa shape index (κ2) is 3.61. The van der Waals surface area contributed by atoms with E-state index < -0.39 is 15.1 Å². The molecule has 1 atom stereocenters. The third-order valence-corrected chi connectivity index (χ3v) is 5.27. The van der Waals surface area contributed by atoms with Crippen LogP contribution in [0.25, 0.3) is 0 Å². The topological polar surface area (TPSA) is 54.4 Å². The fourth-order valence-corrected chi connectivity index (χ4v) is 4.14. The van der Waals surface area contributed by atoms with Gasteiger partial charge >= 0.3 is 0 Å². The van der Waals surface area contributed by atoms with Crippen molar-refractivity contribution in [2.45, 2.75) is 29.9 Å². The highest BCUT2D eigenvalue weighted by Gasteiger charge is 2.36. The molecule has 15 heavy (non-hydrogen) atoms. The first-order valence-corrected chi connectivity index (χ1v) is 6.55. The summed E-state index contributed by atoms with van der Waals surface area (Å²) in [5.74, 6) is 0. The molecule has 82 valence electrons. The van der Waals surface area contributed by atoms with Crippen LogP contribution in [0.1, 0.15) is 17.5 Å². The first-order chi connectivity index (χ1) is 7.07. The average Bonchev–Trinajstić information content (AvgIpc) is 2.43. The molecule has 0 spiro atoms. The van der Waals surface area contributed by atoms with Gasteiger partial charge in [0.1, 0.15) is 0 Å². The molecule has 3 nitrogen and oxygen atoms in total.